The van der Waals surface area contributed by atoms with Gasteiger partial charge in [0.05, 0.1) is 5.41 Å². The average Bonchev–Trinajstić information content (AvgIpc) is 2.61. The highest BCUT2D eigenvalue weighted by Gasteiger charge is 2.53. The smallest absolute Gasteiger partial charge is 0.326 e. The summed E-state index contributed by atoms with van der Waals surface area (Å²) in [5, 5.41) is 9.39. The number of rotatable bonds is 5. The van der Waals surface area contributed by atoms with Gasteiger partial charge in [-0.2, -0.15) is 0 Å². The lowest BCUT2D eigenvalue weighted by Gasteiger charge is -2.27. The predicted molar refractivity (Wildman–Crippen MR) is 77.6 cm³/mol. The molecule has 1 aliphatic heterocycles. The molecule has 1 spiro atoms. The Balaban J connectivity index is 2.21. The van der Waals surface area contributed by atoms with E-state index in [4.69, 9.17) is 0 Å². The van der Waals surface area contributed by atoms with Gasteiger partial charge in [0.1, 0.15) is 6.04 Å². The van der Waals surface area contributed by atoms with E-state index < -0.39 is 17.4 Å². The fourth-order valence-corrected chi connectivity index (χ4v) is 3.69. The molecule has 1 heterocycles. The van der Waals surface area contributed by atoms with Gasteiger partial charge in [-0.05, 0) is 19.3 Å². The number of unbranched alkanes of at least 4 members (excludes halogenated alkanes) is 1. The van der Waals surface area contributed by atoms with Crippen molar-refractivity contribution >= 4 is 17.8 Å². The standard InChI is InChI=1S/C16H25NO4/c1-2-3-8-12(14(19)20)17-13(18)11-16(15(17)21)9-6-4-5-7-10-16/h12H,2-11H2,1H3,(H,19,20). The Morgan fingerprint density at radius 3 is 2.38 bits per heavy atom. The first-order chi connectivity index (χ1) is 10.0. The molecular formula is C16H25NO4. The molecule has 0 aromatic carbocycles. The molecule has 5 nitrogen and oxygen atoms in total. The maximum atomic E-state index is 12.8. The summed E-state index contributed by atoms with van der Waals surface area (Å²) >= 11 is 0. The van der Waals surface area contributed by atoms with Crippen LogP contribution in [0.4, 0.5) is 0 Å². The van der Waals surface area contributed by atoms with Gasteiger partial charge >= 0.3 is 5.97 Å². The largest absolute Gasteiger partial charge is 0.480 e. The van der Waals surface area contributed by atoms with Crippen LogP contribution in [0.2, 0.25) is 0 Å². The SMILES string of the molecule is CCCCC(C(=O)O)N1C(=O)CC2(CCCCCC2)C1=O. The van der Waals surface area contributed by atoms with E-state index in [0.717, 1.165) is 49.8 Å². The summed E-state index contributed by atoms with van der Waals surface area (Å²) in [6.45, 7) is 1.97. The third-order valence-electron chi connectivity index (χ3n) is 4.92. The zero-order chi connectivity index (χ0) is 15.5. The quantitative estimate of drug-likeness (QED) is 0.791. The van der Waals surface area contributed by atoms with Crippen molar-refractivity contribution in [3.05, 3.63) is 0 Å². The molecule has 1 unspecified atom stereocenters. The van der Waals surface area contributed by atoms with Crippen LogP contribution in [-0.2, 0) is 14.4 Å². The van der Waals surface area contributed by atoms with Crippen molar-refractivity contribution in [3.63, 3.8) is 0 Å². The summed E-state index contributed by atoms with van der Waals surface area (Å²) in [7, 11) is 0. The van der Waals surface area contributed by atoms with Crippen LogP contribution in [0.5, 0.6) is 0 Å². The lowest BCUT2D eigenvalue weighted by atomic mass is 9.79. The van der Waals surface area contributed by atoms with E-state index in [1.165, 1.54) is 0 Å². The third-order valence-corrected chi connectivity index (χ3v) is 4.92. The number of hydrogen-bond acceptors (Lipinski definition) is 3. The van der Waals surface area contributed by atoms with E-state index in [2.05, 4.69) is 0 Å². The molecule has 1 aliphatic carbocycles. The van der Waals surface area contributed by atoms with E-state index >= 15 is 0 Å². The molecule has 2 fully saturated rings. The Morgan fingerprint density at radius 2 is 1.86 bits per heavy atom. The van der Waals surface area contributed by atoms with E-state index in [-0.39, 0.29) is 18.2 Å². The van der Waals surface area contributed by atoms with Crippen LogP contribution in [0.25, 0.3) is 0 Å². The topological polar surface area (TPSA) is 74.7 Å². The Bertz CT molecular complexity index is 424. The van der Waals surface area contributed by atoms with Crippen molar-refractivity contribution in [2.45, 2.75) is 77.2 Å². The zero-order valence-corrected chi connectivity index (χ0v) is 12.8. The number of aliphatic carboxylic acids is 1. The van der Waals surface area contributed by atoms with E-state index in [0.29, 0.717) is 12.8 Å². The van der Waals surface area contributed by atoms with Gasteiger partial charge in [0.2, 0.25) is 11.8 Å². The Kier molecular flexibility index (Phi) is 5.01. The van der Waals surface area contributed by atoms with E-state index in [9.17, 15) is 19.5 Å². The maximum absolute atomic E-state index is 12.8. The third kappa shape index (κ3) is 3.11. The van der Waals surface area contributed by atoms with Gasteiger partial charge in [-0.1, -0.05) is 45.4 Å². The molecule has 118 valence electrons. The number of carboxylic acids is 1. The second-order valence-corrected chi connectivity index (χ2v) is 6.44. The molecule has 2 amide bonds. The predicted octanol–water partition coefficient (Wildman–Crippen LogP) is 2.73. The molecule has 2 rings (SSSR count). The van der Waals surface area contributed by atoms with Crippen LogP contribution in [0.15, 0.2) is 0 Å². The molecule has 0 aromatic rings. The van der Waals surface area contributed by atoms with Gasteiger partial charge < -0.3 is 5.11 Å². The van der Waals surface area contributed by atoms with E-state index in [1.807, 2.05) is 6.92 Å². The summed E-state index contributed by atoms with van der Waals surface area (Å²) in [5.74, 6) is -1.57. The molecule has 0 bridgehead atoms. The highest BCUT2D eigenvalue weighted by molar-refractivity contribution is 6.08. The Hall–Kier alpha value is -1.39. The lowest BCUT2D eigenvalue weighted by molar-refractivity contribution is -0.156. The van der Waals surface area contributed by atoms with Crippen molar-refractivity contribution in [2.75, 3.05) is 0 Å². The van der Waals surface area contributed by atoms with Crippen LogP contribution < -0.4 is 0 Å². The molecule has 1 atom stereocenters. The fraction of sp³-hybridized carbons (Fsp3) is 0.812. The van der Waals surface area contributed by atoms with Gasteiger partial charge in [0.15, 0.2) is 0 Å². The minimum Gasteiger partial charge on any atom is -0.480 e. The number of hydrogen-bond donors (Lipinski definition) is 1. The number of likely N-dealkylation sites (tertiary alicyclic amines) is 1. The molecule has 1 saturated heterocycles. The highest BCUT2D eigenvalue weighted by Crippen LogP contribution is 2.45. The van der Waals surface area contributed by atoms with Crippen molar-refractivity contribution in [1.29, 1.82) is 0 Å². The van der Waals surface area contributed by atoms with Crippen LogP contribution in [0.3, 0.4) is 0 Å². The van der Waals surface area contributed by atoms with Crippen LogP contribution in [0.1, 0.15) is 71.1 Å². The lowest BCUT2D eigenvalue weighted by Crippen LogP contribution is -2.46. The van der Waals surface area contributed by atoms with Gasteiger partial charge in [-0.3, -0.25) is 14.5 Å². The second-order valence-electron chi connectivity index (χ2n) is 6.44. The van der Waals surface area contributed by atoms with Gasteiger partial charge in [-0.25, -0.2) is 4.79 Å². The minimum absolute atomic E-state index is 0.210. The number of carbonyl (C=O) groups is 3. The van der Waals surface area contributed by atoms with Crippen molar-refractivity contribution in [3.8, 4) is 0 Å². The van der Waals surface area contributed by atoms with Crippen molar-refractivity contribution in [1.82, 2.24) is 4.90 Å². The maximum Gasteiger partial charge on any atom is 0.326 e. The molecule has 1 N–H and O–H groups in total. The van der Waals surface area contributed by atoms with Gasteiger partial charge in [0, 0.05) is 6.42 Å². The monoisotopic (exact) mass is 295 g/mol. The van der Waals surface area contributed by atoms with Gasteiger partial charge in [0.25, 0.3) is 0 Å². The molecule has 2 aliphatic rings. The number of carboxylic acid groups (broad SMARTS) is 1. The zero-order valence-electron chi connectivity index (χ0n) is 12.8. The summed E-state index contributed by atoms with van der Waals surface area (Å²) in [6.07, 6.45) is 7.71. The number of imide groups is 1. The summed E-state index contributed by atoms with van der Waals surface area (Å²) in [5.41, 5.74) is -0.604. The molecule has 5 heteroatoms. The molecular weight excluding hydrogens is 270 g/mol. The Labute approximate surface area is 125 Å². The highest BCUT2D eigenvalue weighted by atomic mass is 16.4. The van der Waals surface area contributed by atoms with Crippen LogP contribution in [0, 0.1) is 5.41 Å². The van der Waals surface area contributed by atoms with E-state index in [1.54, 1.807) is 0 Å². The summed E-state index contributed by atoms with van der Waals surface area (Å²) in [4.78, 5) is 37.7. The first-order valence-corrected chi connectivity index (χ1v) is 8.11. The van der Waals surface area contributed by atoms with Gasteiger partial charge in [-0.15, -0.1) is 0 Å². The summed E-state index contributed by atoms with van der Waals surface area (Å²) < 4.78 is 0. The van der Waals surface area contributed by atoms with Crippen LogP contribution >= 0.6 is 0 Å². The first-order valence-electron chi connectivity index (χ1n) is 8.11. The number of carbonyl (C=O) groups excluding carboxylic acids is 2. The molecule has 21 heavy (non-hydrogen) atoms. The second kappa shape index (κ2) is 6.58. The summed E-state index contributed by atoms with van der Waals surface area (Å²) in [6, 6.07) is -0.979. The molecule has 0 radical (unpaired) electrons. The van der Waals surface area contributed by atoms with Crippen molar-refractivity contribution < 1.29 is 19.5 Å². The molecule has 0 aromatic heterocycles. The molecule has 1 saturated carbocycles. The number of amides is 2. The minimum atomic E-state index is -1.06. The Morgan fingerprint density at radius 1 is 1.24 bits per heavy atom. The first kappa shape index (κ1) is 16.0. The average molecular weight is 295 g/mol. The fourth-order valence-electron chi connectivity index (χ4n) is 3.69. The van der Waals surface area contributed by atoms with Crippen molar-refractivity contribution in [2.24, 2.45) is 5.41 Å². The van der Waals surface area contributed by atoms with Crippen LogP contribution in [-0.4, -0.2) is 33.8 Å². The normalized spacial score (nSPS) is 23.4. The number of nitrogens with zero attached hydrogens (tertiary/aromatic N) is 1.